The van der Waals surface area contributed by atoms with Crippen molar-refractivity contribution >= 4 is 6.09 Å². The van der Waals surface area contributed by atoms with E-state index in [0.29, 0.717) is 60.9 Å². The summed E-state index contributed by atoms with van der Waals surface area (Å²) in [5.74, 6) is 2.79. The first kappa shape index (κ1) is 33.4. The van der Waals surface area contributed by atoms with E-state index >= 15 is 0 Å². The van der Waals surface area contributed by atoms with E-state index in [2.05, 4.69) is 18.3 Å². The van der Waals surface area contributed by atoms with E-state index in [0.717, 1.165) is 17.5 Å². The molecule has 2 rings (SSSR count). The average Bonchev–Trinajstić information content (AvgIpc) is 2.94. The molecule has 2 aromatic carbocycles. The largest absolute Gasteiger partial charge is 0.493 e. The Balaban J connectivity index is 2.35. The van der Waals surface area contributed by atoms with Crippen LogP contribution in [0.25, 0.3) is 0 Å². The average molecular weight is 571 g/mol. The van der Waals surface area contributed by atoms with Crippen LogP contribution < -0.4 is 29.0 Å². The van der Waals surface area contributed by atoms with E-state index in [1.54, 1.807) is 35.5 Å². The number of benzene rings is 2. The summed E-state index contributed by atoms with van der Waals surface area (Å²) in [7, 11) is 7.88. The molecule has 0 radical (unpaired) electrons. The standard InChI is InChI=1S/C32H46N2O7/c1-10-15-32(21-33,23-13-14-25(36-5)26(20-23)37-6)16-11-12-24(34-30(35)41-31(2,3)4)17-22-18-27(38-7)29(40-9)28(19-22)39-8/h13-14,18-20,24H,10-12,15-17H2,1-9H3,(H,34,35)/t24-,32?/m1/s1. The number of carbonyl (C=O) groups is 1. The number of alkyl carbamates (subject to hydrolysis) is 1. The normalized spacial score (nSPS) is 13.3. The van der Waals surface area contributed by atoms with Crippen LogP contribution in [-0.2, 0) is 16.6 Å². The number of nitriles is 1. The van der Waals surface area contributed by atoms with Gasteiger partial charge in [0, 0.05) is 6.04 Å². The minimum absolute atomic E-state index is 0.268. The second-order valence-electron chi connectivity index (χ2n) is 11.0. The Morgan fingerprint density at radius 2 is 1.49 bits per heavy atom. The molecule has 0 saturated heterocycles. The number of carbonyl (C=O) groups excluding carboxylic acids is 1. The molecule has 2 aromatic rings. The lowest BCUT2D eigenvalue weighted by Crippen LogP contribution is -2.40. The van der Waals surface area contributed by atoms with E-state index in [9.17, 15) is 10.1 Å². The second kappa shape index (κ2) is 15.3. The van der Waals surface area contributed by atoms with Crippen LogP contribution in [-0.4, -0.2) is 53.3 Å². The zero-order valence-corrected chi connectivity index (χ0v) is 26.0. The molecule has 0 bridgehead atoms. The van der Waals surface area contributed by atoms with Gasteiger partial charge in [0.15, 0.2) is 23.0 Å². The Labute approximate surface area is 245 Å². The van der Waals surface area contributed by atoms with Crippen molar-refractivity contribution in [2.24, 2.45) is 0 Å². The molecule has 0 aliphatic rings. The molecule has 9 nitrogen and oxygen atoms in total. The fraction of sp³-hybridized carbons (Fsp3) is 0.562. The minimum Gasteiger partial charge on any atom is -0.493 e. The molecule has 0 heterocycles. The maximum atomic E-state index is 12.8. The lowest BCUT2D eigenvalue weighted by atomic mass is 9.74. The number of hydrogen-bond donors (Lipinski definition) is 1. The summed E-state index contributed by atoms with van der Waals surface area (Å²) in [6.07, 6.45) is 3.45. The van der Waals surface area contributed by atoms with Crippen LogP contribution in [0.15, 0.2) is 30.3 Å². The molecule has 226 valence electrons. The molecule has 2 atom stereocenters. The number of rotatable bonds is 15. The summed E-state index contributed by atoms with van der Waals surface area (Å²) in [4.78, 5) is 12.8. The van der Waals surface area contributed by atoms with Gasteiger partial charge in [-0.05, 0) is 88.3 Å². The van der Waals surface area contributed by atoms with Crippen molar-refractivity contribution in [2.45, 2.75) is 83.3 Å². The molecule has 9 heteroatoms. The highest BCUT2D eigenvalue weighted by Crippen LogP contribution is 2.40. The maximum Gasteiger partial charge on any atom is 0.407 e. The van der Waals surface area contributed by atoms with Crippen molar-refractivity contribution in [1.82, 2.24) is 5.32 Å². The first-order chi connectivity index (χ1) is 19.5. The highest BCUT2D eigenvalue weighted by atomic mass is 16.6. The fourth-order valence-corrected chi connectivity index (χ4v) is 5.04. The van der Waals surface area contributed by atoms with Gasteiger partial charge in [-0.3, -0.25) is 0 Å². The molecule has 0 aliphatic heterocycles. The maximum absolute atomic E-state index is 12.8. The number of nitrogens with one attached hydrogen (secondary N) is 1. The topological polar surface area (TPSA) is 108 Å². The lowest BCUT2D eigenvalue weighted by Gasteiger charge is -2.29. The highest BCUT2D eigenvalue weighted by molar-refractivity contribution is 5.68. The zero-order chi connectivity index (χ0) is 30.6. The minimum atomic E-state index is -0.711. The molecule has 0 aromatic heterocycles. The van der Waals surface area contributed by atoms with Gasteiger partial charge in [0.1, 0.15) is 5.60 Å². The molecule has 41 heavy (non-hydrogen) atoms. The first-order valence-corrected chi connectivity index (χ1v) is 13.9. The van der Waals surface area contributed by atoms with Crippen LogP contribution in [0.1, 0.15) is 70.9 Å². The molecule has 1 N–H and O–H groups in total. The molecule has 1 amide bonds. The third kappa shape index (κ3) is 9.10. The number of amides is 1. The van der Waals surface area contributed by atoms with Gasteiger partial charge in [-0.1, -0.05) is 19.4 Å². The number of hydrogen-bond acceptors (Lipinski definition) is 8. The van der Waals surface area contributed by atoms with Gasteiger partial charge in [0.25, 0.3) is 0 Å². The Hall–Kier alpha value is -3.80. The van der Waals surface area contributed by atoms with Crippen molar-refractivity contribution < 1.29 is 33.2 Å². The van der Waals surface area contributed by atoms with E-state index in [4.69, 9.17) is 28.4 Å². The predicted molar refractivity (Wildman–Crippen MR) is 159 cm³/mol. The lowest BCUT2D eigenvalue weighted by molar-refractivity contribution is 0.0500. The van der Waals surface area contributed by atoms with E-state index < -0.39 is 17.1 Å². The fourth-order valence-electron chi connectivity index (χ4n) is 5.04. The zero-order valence-electron chi connectivity index (χ0n) is 26.0. The van der Waals surface area contributed by atoms with E-state index in [-0.39, 0.29) is 6.04 Å². The number of methoxy groups -OCH3 is 5. The SMILES string of the molecule is CCCC(C#N)(CCC[C@H](Cc1cc(OC)c(OC)c(OC)c1)NC(=O)OC(C)(C)C)c1ccc(OC)c(OC)c1. The summed E-state index contributed by atoms with van der Waals surface area (Å²) in [6.45, 7) is 7.56. The van der Waals surface area contributed by atoms with E-state index in [1.807, 2.05) is 51.1 Å². The second-order valence-corrected chi connectivity index (χ2v) is 11.0. The molecule has 0 aliphatic carbocycles. The van der Waals surface area contributed by atoms with Crippen LogP contribution in [0.3, 0.4) is 0 Å². The first-order valence-electron chi connectivity index (χ1n) is 13.9. The van der Waals surface area contributed by atoms with Gasteiger partial charge in [-0.2, -0.15) is 5.26 Å². The van der Waals surface area contributed by atoms with Crippen LogP contribution >= 0.6 is 0 Å². The monoisotopic (exact) mass is 570 g/mol. The van der Waals surface area contributed by atoms with Crippen LogP contribution in [0, 0.1) is 11.3 Å². The molecule has 0 fully saturated rings. The molecular weight excluding hydrogens is 524 g/mol. The van der Waals surface area contributed by atoms with Crippen molar-refractivity contribution in [1.29, 1.82) is 5.26 Å². The summed E-state index contributed by atoms with van der Waals surface area (Å²) < 4.78 is 33.0. The highest BCUT2D eigenvalue weighted by Gasteiger charge is 2.33. The van der Waals surface area contributed by atoms with Gasteiger partial charge in [-0.25, -0.2) is 4.79 Å². The van der Waals surface area contributed by atoms with Crippen molar-refractivity contribution in [2.75, 3.05) is 35.5 Å². The number of nitrogens with zero attached hydrogens (tertiary/aromatic N) is 1. The molecule has 0 spiro atoms. The molecule has 0 saturated carbocycles. The van der Waals surface area contributed by atoms with Gasteiger partial charge < -0.3 is 33.7 Å². The summed E-state index contributed by atoms with van der Waals surface area (Å²) in [6, 6.07) is 11.8. The van der Waals surface area contributed by atoms with Crippen molar-refractivity contribution in [3.8, 4) is 34.8 Å². The Bertz CT molecular complexity index is 1160. The Kier molecular flexibility index (Phi) is 12.4. The van der Waals surface area contributed by atoms with Gasteiger partial charge in [-0.15, -0.1) is 0 Å². The third-order valence-electron chi connectivity index (χ3n) is 6.91. The van der Waals surface area contributed by atoms with Gasteiger partial charge >= 0.3 is 6.09 Å². The predicted octanol–water partition coefficient (Wildman–Crippen LogP) is 6.60. The van der Waals surface area contributed by atoms with Crippen molar-refractivity contribution in [3.63, 3.8) is 0 Å². The van der Waals surface area contributed by atoms with E-state index in [1.165, 1.54) is 0 Å². The third-order valence-corrected chi connectivity index (χ3v) is 6.91. The molecule has 1 unspecified atom stereocenters. The summed E-state index contributed by atoms with van der Waals surface area (Å²) in [5.41, 5.74) is 0.449. The number of ether oxygens (including phenoxy) is 6. The molecular formula is C32H46N2O7. The van der Waals surface area contributed by atoms with Crippen LogP contribution in [0.5, 0.6) is 28.7 Å². The quantitative estimate of drug-likeness (QED) is 0.255. The summed E-state index contributed by atoms with van der Waals surface area (Å²) in [5, 5.41) is 13.5. The van der Waals surface area contributed by atoms with Gasteiger partial charge in [0.05, 0.1) is 47.0 Å². The Morgan fingerprint density at radius 3 is 1.98 bits per heavy atom. The van der Waals surface area contributed by atoms with Crippen LogP contribution in [0.2, 0.25) is 0 Å². The Morgan fingerprint density at radius 1 is 0.878 bits per heavy atom. The van der Waals surface area contributed by atoms with Crippen molar-refractivity contribution in [3.05, 3.63) is 41.5 Å². The van der Waals surface area contributed by atoms with Crippen LogP contribution in [0.4, 0.5) is 4.79 Å². The van der Waals surface area contributed by atoms with Gasteiger partial charge in [0.2, 0.25) is 5.75 Å². The summed E-state index contributed by atoms with van der Waals surface area (Å²) >= 11 is 0. The smallest absolute Gasteiger partial charge is 0.407 e.